The van der Waals surface area contributed by atoms with Crippen LogP contribution in [0.5, 0.6) is 0 Å². The van der Waals surface area contributed by atoms with Gasteiger partial charge in [0, 0.05) is 24.2 Å². The Hall–Kier alpha value is -1.53. The van der Waals surface area contributed by atoms with Gasteiger partial charge in [-0.25, -0.2) is 0 Å². The zero-order valence-electron chi connectivity index (χ0n) is 25.9. The lowest BCUT2D eigenvalue weighted by atomic mass is 9.50. The van der Waals surface area contributed by atoms with E-state index in [-0.39, 0.29) is 17.5 Å². The molecule has 3 saturated carbocycles. The molecule has 7 atom stereocenters. The standard InChI is InChI=1S/C37H58O3/c1-5-7-8-9-10-11-12-13-14-15-16-17-18-19-34(38)40-33-27-28(3)26-29-20-21-30-31(35(29)33)22-24-36(4)32(30)23-25-37(36,39)6-2/h2,26,30-33,35,39H,3,5,7-25,27H2,1,4H3/t30-,31+,32+,33?,35+,36+,37+/m1/s1. The molecule has 0 spiro atoms. The number of allylic oxidation sites excluding steroid dienone is 1. The van der Waals surface area contributed by atoms with Gasteiger partial charge in [0.1, 0.15) is 11.7 Å². The van der Waals surface area contributed by atoms with Crippen molar-refractivity contribution < 1.29 is 14.6 Å². The van der Waals surface area contributed by atoms with Crippen molar-refractivity contribution in [2.45, 2.75) is 160 Å². The number of carbonyl (C=O) groups excluding carboxylic acids is 1. The minimum Gasteiger partial charge on any atom is -0.461 e. The largest absolute Gasteiger partial charge is 0.461 e. The molecule has 40 heavy (non-hydrogen) atoms. The number of esters is 1. The Labute approximate surface area is 246 Å². The second-order valence-electron chi connectivity index (χ2n) is 14.1. The quantitative estimate of drug-likeness (QED) is 0.125. The van der Waals surface area contributed by atoms with Gasteiger partial charge < -0.3 is 9.84 Å². The molecule has 3 nitrogen and oxygen atoms in total. The van der Waals surface area contributed by atoms with Crippen LogP contribution in [0.15, 0.2) is 23.8 Å². The van der Waals surface area contributed by atoms with Crippen molar-refractivity contribution in [1.82, 2.24) is 0 Å². The number of fused-ring (bicyclic) bond motifs is 5. The van der Waals surface area contributed by atoms with Crippen LogP contribution in [0.3, 0.4) is 0 Å². The predicted octanol–water partition coefficient (Wildman–Crippen LogP) is 9.48. The molecule has 224 valence electrons. The third kappa shape index (κ3) is 7.09. The number of hydrogen-bond donors (Lipinski definition) is 1. The fourth-order valence-corrected chi connectivity index (χ4v) is 9.23. The van der Waals surface area contributed by atoms with Crippen LogP contribution in [0, 0.1) is 41.4 Å². The van der Waals surface area contributed by atoms with Crippen LogP contribution < -0.4 is 0 Å². The van der Waals surface area contributed by atoms with Crippen molar-refractivity contribution in [3.8, 4) is 12.3 Å². The summed E-state index contributed by atoms with van der Waals surface area (Å²) in [5.74, 6) is 4.60. The molecule has 0 aromatic carbocycles. The molecule has 0 amide bonds. The summed E-state index contributed by atoms with van der Waals surface area (Å²) >= 11 is 0. The Balaban J connectivity index is 1.19. The van der Waals surface area contributed by atoms with Crippen molar-refractivity contribution in [3.63, 3.8) is 0 Å². The van der Waals surface area contributed by atoms with Crippen molar-refractivity contribution in [3.05, 3.63) is 23.8 Å². The summed E-state index contributed by atoms with van der Waals surface area (Å²) in [6.07, 6.45) is 32.4. The topological polar surface area (TPSA) is 46.5 Å². The van der Waals surface area contributed by atoms with E-state index in [0.29, 0.717) is 30.1 Å². The maximum absolute atomic E-state index is 13.0. The molecule has 0 aliphatic heterocycles. The van der Waals surface area contributed by atoms with Crippen molar-refractivity contribution in [1.29, 1.82) is 0 Å². The van der Waals surface area contributed by atoms with Gasteiger partial charge in [-0.1, -0.05) is 121 Å². The van der Waals surface area contributed by atoms with Gasteiger partial charge in [-0.2, -0.15) is 0 Å². The Morgan fingerprint density at radius 2 is 1.60 bits per heavy atom. The van der Waals surface area contributed by atoms with Gasteiger partial charge in [-0.05, 0) is 62.7 Å². The summed E-state index contributed by atoms with van der Waals surface area (Å²) in [6.45, 7) is 8.79. The van der Waals surface area contributed by atoms with Gasteiger partial charge in [0.05, 0.1) is 0 Å². The van der Waals surface area contributed by atoms with Crippen molar-refractivity contribution in [2.75, 3.05) is 0 Å². The van der Waals surface area contributed by atoms with Gasteiger partial charge in [-0.3, -0.25) is 4.79 Å². The van der Waals surface area contributed by atoms with Crippen LogP contribution in [-0.2, 0) is 9.53 Å². The molecule has 0 saturated heterocycles. The first-order valence-corrected chi connectivity index (χ1v) is 17.1. The lowest BCUT2D eigenvalue weighted by Gasteiger charge is -2.55. The summed E-state index contributed by atoms with van der Waals surface area (Å²) in [5, 5.41) is 11.3. The molecule has 0 aromatic heterocycles. The molecule has 4 aliphatic rings. The van der Waals surface area contributed by atoms with E-state index >= 15 is 0 Å². The Bertz CT molecular complexity index is 926. The number of aliphatic hydroxyl groups is 1. The van der Waals surface area contributed by atoms with Crippen LogP contribution >= 0.6 is 0 Å². The molecule has 1 unspecified atom stereocenters. The third-order valence-corrected chi connectivity index (χ3v) is 11.6. The van der Waals surface area contributed by atoms with Crippen molar-refractivity contribution >= 4 is 5.97 Å². The fraction of sp³-hybridized carbons (Fsp3) is 0.811. The van der Waals surface area contributed by atoms with E-state index in [4.69, 9.17) is 11.2 Å². The first-order chi connectivity index (χ1) is 19.3. The Morgan fingerprint density at radius 3 is 2.23 bits per heavy atom. The molecule has 3 fully saturated rings. The van der Waals surface area contributed by atoms with E-state index in [1.165, 1.54) is 76.2 Å². The number of hydrogen-bond acceptors (Lipinski definition) is 3. The SMILES string of the molecule is C#C[C@]1(O)CC[C@H]2[C@@H]3CCC4=CC(=C)CC(OC(=O)CCCCCCCCCCCCCCC)[C@@H]4[C@H]3CC[C@@]21C. The maximum Gasteiger partial charge on any atom is 0.306 e. The predicted molar refractivity (Wildman–Crippen MR) is 166 cm³/mol. The summed E-state index contributed by atoms with van der Waals surface area (Å²) in [4.78, 5) is 13.0. The number of rotatable bonds is 15. The lowest BCUT2D eigenvalue weighted by Crippen LogP contribution is -2.53. The minimum absolute atomic E-state index is 0.0209. The number of unbranched alkanes of at least 4 members (excludes halogenated alkanes) is 12. The van der Waals surface area contributed by atoms with E-state index in [0.717, 1.165) is 63.4 Å². The first-order valence-electron chi connectivity index (χ1n) is 17.1. The Kier molecular flexibility index (Phi) is 11.4. The zero-order valence-corrected chi connectivity index (χ0v) is 25.9. The summed E-state index contributed by atoms with van der Waals surface area (Å²) in [6, 6.07) is 0. The minimum atomic E-state index is -0.973. The highest BCUT2D eigenvalue weighted by Gasteiger charge is 2.62. The molecular weight excluding hydrogens is 492 g/mol. The molecule has 1 N–H and O–H groups in total. The lowest BCUT2D eigenvalue weighted by molar-refractivity contribution is -0.156. The van der Waals surface area contributed by atoms with Crippen LogP contribution in [0.1, 0.15) is 149 Å². The normalized spacial score (nSPS) is 34.8. The molecule has 4 aliphatic carbocycles. The highest BCUT2D eigenvalue weighted by atomic mass is 16.5. The number of carbonyl (C=O) groups is 1. The van der Waals surface area contributed by atoms with Gasteiger partial charge in [0.2, 0.25) is 0 Å². The molecule has 0 aromatic rings. The molecule has 0 radical (unpaired) electrons. The monoisotopic (exact) mass is 550 g/mol. The molecule has 0 bridgehead atoms. The molecule has 0 heterocycles. The van der Waals surface area contributed by atoms with Gasteiger partial charge in [0.25, 0.3) is 0 Å². The summed E-state index contributed by atoms with van der Waals surface area (Å²) < 4.78 is 6.26. The number of terminal acetylenes is 1. The van der Waals surface area contributed by atoms with Crippen LogP contribution in [0.4, 0.5) is 0 Å². The molecular formula is C37H58O3. The first kappa shape index (κ1) is 31.4. The average Bonchev–Trinajstić information content (AvgIpc) is 3.21. The third-order valence-electron chi connectivity index (χ3n) is 11.6. The van der Waals surface area contributed by atoms with Crippen LogP contribution in [0.25, 0.3) is 0 Å². The van der Waals surface area contributed by atoms with Crippen LogP contribution in [-0.4, -0.2) is 22.8 Å². The van der Waals surface area contributed by atoms with Gasteiger partial charge in [-0.15, -0.1) is 6.42 Å². The smallest absolute Gasteiger partial charge is 0.306 e. The second-order valence-corrected chi connectivity index (χ2v) is 14.1. The van der Waals surface area contributed by atoms with E-state index in [1.807, 2.05) is 0 Å². The van der Waals surface area contributed by atoms with Gasteiger partial charge >= 0.3 is 5.97 Å². The van der Waals surface area contributed by atoms with E-state index < -0.39 is 5.60 Å². The van der Waals surface area contributed by atoms with E-state index in [1.54, 1.807) is 0 Å². The van der Waals surface area contributed by atoms with Gasteiger partial charge in [0.15, 0.2) is 0 Å². The second kappa shape index (κ2) is 14.6. The van der Waals surface area contributed by atoms with Crippen molar-refractivity contribution in [2.24, 2.45) is 29.1 Å². The summed E-state index contributed by atoms with van der Waals surface area (Å²) in [7, 11) is 0. The summed E-state index contributed by atoms with van der Waals surface area (Å²) in [5.41, 5.74) is 1.39. The maximum atomic E-state index is 13.0. The van der Waals surface area contributed by atoms with E-state index in [2.05, 4.69) is 32.4 Å². The number of ether oxygens (including phenoxy) is 1. The Morgan fingerprint density at radius 1 is 0.975 bits per heavy atom. The highest BCUT2D eigenvalue weighted by molar-refractivity contribution is 5.69. The molecule has 4 rings (SSSR count). The molecule has 3 heteroatoms. The average molecular weight is 551 g/mol. The van der Waals surface area contributed by atoms with E-state index in [9.17, 15) is 9.90 Å². The highest BCUT2D eigenvalue weighted by Crippen LogP contribution is 2.65. The zero-order chi connectivity index (χ0) is 28.6. The van der Waals surface area contributed by atoms with Crippen LogP contribution in [0.2, 0.25) is 0 Å². The fourth-order valence-electron chi connectivity index (χ4n) is 9.23.